The predicted octanol–water partition coefficient (Wildman–Crippen LogP) is 7.16. The summed E-state index contributed by atoms with van der Waals surface area (Å²) in [5.74, 6) is 1.29. The molecule has 0 radical (unpaired) electrons. The molecule has 0 aliphatic carbocycles. The average molecular weight is 396 g/mol. The van der Waals surface area contributed by atoms with Gasteiger partial charge in [0.05, 0.1) is 18.2 Å². The summed E-state index contributed by atoms with van der Waals surface area (Å²) < 4.78 is 5.08. The van der Waals surface area contributed by atoms with Gasteiger partial charge in [-0.15, -0.1) is 0 Å². The second-order valence-electron chi connectivity index (χ2n) is 8.09. The van der Waals surface area contributed by atoms with Crippen LogP contribution in [0.2, 0.25) is 0 Å². The fraction of sp³-hybridized carbons (Fsp3) is 0.250. The van der Waals surface area contributed by atoms with Gasteiger partial charge in [-0.05, 0) is 32.4 Å². The van der Waals surface area contributed by atoms with Gasteiger partial charge in [-0.2, -0.15) is 0 Å². The number of hydrogen-bond donors (Lipinski definition) is 0. The summed E-state index contributed by atoms with van der Waals surface area (Å²) in [6, 6.07) is 32.9. The molecule has 0 atom stereocenters. The average Bonchev–Trinajstić information content (AvgIpc) is 3.14. The van der Waals surface area contributed by atoms with Crippen molar-refractivity contribution in [3.63, 3.8) is 0 Å². The van der Waals surface area contributed by atoms with Crippen molar-refractivity contribution in [2.45, 2.75) is 46.2 Å². The first-order valence-corrected chi connectivity index (χ1v) is 11.1. The predicted molar refractivity (Wildman–Crippen MR) is 126 cm³/mol. The van der Waals surface area contributed by atoms with E-state index in [2.05, 4.69) is 121 Å². The Kier molecular flexibility index (Phi) is 6.13. The van der Waals surface area contributed by atoms with E-state index in [9.17, 15) is 0 Å². The Hall–Kier alpha value is -3.13. The molecule has 2 nitrogen and oxygen atoms in total. The maximum absolute atomic E-state index is 2.55. The van der Waals surface area contributed by atoms with Crippen LogP contribution in [0.3, 0.4) is 0 Å². The molecule has 152 valence electrons. The highest BCUT2D eigenvalue weighted by Crippen LogP contribution is 2.37. The summed E-state index contributed by atoms with van der Waals surface area (Å²) in [5, 5.41) is 0. The van der Waals surface area contributed by atoms with Gasteiger partial charge in [-0.3, -0.25) is 0 Å². The van der Waals surface area contributed by atoms with Crippen molar-refractivity contribution in [1.82, 2.24) is 4.57 Å². The monoisotopic (exact) mass is 395 g/mol. The molecule has 0 fully saturated rings. The normalized spacial score (nSPS) is 11.2. The molecule has 1 heterocycles. The summed E-state index contributed by atoms with van der Waals surface area (Å²) in [7, 11) is 0. The number of hydrogen-bond acceptors (Lipinski definition) is 0. The summed E-state index contributed by atoms with van der Waals surface area (Å²) in [6.07, 6.45) is 2.32. The summed E-state index contributed by atoms with van der Waals surface area (Å²) in [6.45, 7) is 7.85. The molecular weight excluding hydrogens is 364 g/mol. The van der Waals surface area contributed by atoms with Crippen LogP contribution in [0.5, 0.6) is 0 Å². The van der Waals surface area contributed by atoms with Crippen LogP contribution in [0.4, 0.5) is 0 Å². The van der Waals surface area contributed by atoms with E-state index in [1.807, 2.05) is 0 Å². The molecule has 0 amide bonds. The van der Waals surface area contributed by atoms with Gasteiger partial charge in [0.25, 0.3) is 5.82 Å². The van der Waals surface area contributed by atoms with Crippen molar-refractivity contribution in [2.24, 2.45) is 0 Å². The molecule has 0 N–H and O–H groups in total. The van der Waals surface area contributed by atoms with Gasteiger partial charge in [0, 0.05) is 11.1 Å². The zero-order valence-corrected chi connectivity index (χ0v) is 18.3. The van der Waals surface area contributed by atoms with Crippen LogP contribution in [-0.4, -0.2) is 4.57 Å². The Bertz CT molecular complexity index is 1080. The first kappa shape index (κ1) is 20.2. The van der Waals surface area contributed by atoms with E-state index in [-0.39, 0.29) is 0 Å². The fourth-order valence-electron chi connectivity index (χ4n) is 4.26. The Balaban J connectivity index is 2.13. The van der Waals surface area contributed by atoms with E-state index in [1.54, 1.807) is 0 Å². The van der Waals surface area contributed by atoms with Crippen molar-refractivity contribution in [2.75, 3.05) is 0 Å². The minimum absolute atomic E-state index is 0.334. The highest BCUT2D eigenvalue weighted by atomic mass is 15.2. The lowest BCUT2D eigenvalue weighted by molar-refractivity contribution is -0.675. The second-order valence-corrected chi connectivity index (χ2v) is 8.09. The Morgan fingerprint density at radius 2 is 1.20 bits per heavy atom. The van der Waals surface area contributed by atoms with Crippen molar-refractivity contribution in [3.8, 4) is 33.9 Å². The molecule has 0 saturated heterocycles. The van der Waals surface area contributed by atoms with Crippen LogP contribution in [0, 0.1) is 0 Å². The maximum Gasteiger partial charge on any atom is 0.290 e. The third-order valence-corrected chi connectivity index (χ3v) is 5.60. The van der Waals surface area contributed by atoms with Crippen molar-refractivity contribution in [3.05, 3.63) is 91.0 Å². The second kappa shape index (κ2) is 9.13. The number of benzene rings is 3. The van der Waals surface area contributed by atoms with E-state index in [4.69, 9.17) is 0 Å². The van der Waals surface area contributed by atoms with Crippen LogP contribution in [-0.2, 0) is 6.54 Å². The van der Waals surface area contributed by atoms with Gasteiger partial charge in [0.1, 0.15) is 0 Å². The number of unbranched alkanes of at least 4 members (excludes halogenated alkanes) is 1. The van der Waals surface area contributed by atoms with Crippen LogP contribution in [0.25, 0.3) is 33.9 Å². The molecule has 0 spiro atoms. The Morgan fingerprint density at radius 3 is 1.70 bits per heavy atom. The topological polar surface area (TPSA) is 8.81 Å². The van der Waals surface area contributed by atoms with E-state index < -0.39 is 0 Å². The van der Waals surface area contributed by atoms with Crippen molar-refractivity contribution >= 4 is 0 Å². The van der Waals surface area contributed by atoms with E-state index in [0.717, 1.165) is 13.0 Å². The first-order chi connectivity index (χ1) is 14.7. The summed E-state index contributed by atoms with van der Waals surface area (Å²) >= 11 is 0. The number of rotatable bonds is 7. The molecule has 0 bridgehead atoms. The molecule has 30 heavy (non-hydrogen) atoms. The van der Waals surface area contributed by atoms with E-state index in [1.165, 1.54) is 40.3 Å². The van der Waals surface area contributed by atoms with E-state index in [0.29, 0.717) is 6.04 Å². The minimum atomic E-state index is 0.334. The molecule has 4 aromatic rings. The number of imidazole rings is 1. The summed E-state index contributed by atoms with van der Waals surface area (Å²) in [4.78, 5) is 0. The molecule has 0 aliphatic heterocycles. The standard InChI is InChI=1S/C28H31N2/c1-4-5-21-29-26(23-15-9-6-10-16-23)27(24-17-11-7-12-18-24)30(22(2)3)28(29)25-19-13-8-14-20-25/h6-20,22H,4-5,21H2,1-3H3/q+1. The van der Waals surface area contributed by atoms with Gasteiger partial charge in [0.15, 0.2) is 11.4 Å². The highest BCUT2D eigenvalue weighted by Gasteiger charge is 2.34. The third-order valence-electron chi connectivity index (χ3n) is 5.60. The largest absolute Gasteiger partial charge is 0.290 e. The lowest BCUT2D eigenvalue weighted by Crippen LogP contribution is -2.37. The quantitative estimate of drug-likeness (QED) is 0.294. The third kappa shape index (κ3) is 3.82. The van der Waals surface area contributed by atoms with E-state index >= 15 is 0 Å². The Morgan fingerprint density at radius 1 is 0.700 bits per heavy atom. The smallest absolute Gasteiger partial charge is 0.222 e. The van der Waals surface area contributed by atoms with Crippen LogP contribution >= 0.6 is 0 Å². The van der Waals surface area contributed by atoms with Crippen LogP contribution in [0.15, 0.2) is 91.0 Å². The van der Waals surface area contributed by atoms with Crippen LogP contribution in [0.1, 0.15) is 39.7 Å². The van der Waals surface area contributed by atoms with Gasteiger partial charge in [-0.25, -0.2) is 9.13 Å². The maximum atomic E-state index is 2.55. The summed E-state index contributed by atoms with van der Waals surface area (Å²) in [5.41, 5.74) is 6.40. The molecule has 2 heteroatoms. The van der Waals surface area contributed by atoms with Gasteiger partial charge in [-0.1, -0.05) is 92.2 Å². The zero-order chi connectivity index (χ0) is 20.9. The van der Waals surface area contributed by atoms with Crippen molar-refractivity contribution in [1.29, 1.82) is 0 Å². The molecule has 3 aromatic carbocycles. The van der Waals surface area contributed by atoms with Gasteiger partial charge >= 0.3 is 0 Å². The zero-order valence-electron chi connectivity index (χ0n) is 18.3. The molecule has 4 rings (SSSR count). The molecule has 0 aliphatic rings. The van der Waals surface area contributed by atoms with Crippen LogP contribution < -0.4 is 4.57 Å². The number of aromatic nitrogens is 2. The molecule has 0 unspecified atom stereocenters. The first-order valence-electron chi connectivity index (χ1n) is 11.1. The lowest BCUT2D eigenvalue weighted by atomic mass is 10.0. The SMILES string of the molecule is CCCC[n+]1c(-c2ccccc2)c(-c2ccccc2)n(C(C)C)c1-c1ccccc1. The van der Waals surface area contributed by atoms with Gasteiger partial charge < -0.3 is 0 Å². The molecular formula is C28H31N2+. The number of nitrogens with zero attached hydrogens (tertiary/aromatic N) is 2. The molecule has 1 aromatic heterocycles. The minimum Gasteiger partial charge on any atom is -0.222 e. The molecule has 0 saturated carbocycles. The van der Waals surface area contributed by atoms with Crippen molar-refractivity contribution < 1.29 is 4.57 Å². The highest BCUT2D eigenvalue weighted by molar-refractivity contribution is 5.79. The fourth-order valence-corrected chi connectivity index (χ4v) is 4.26. The Labute approximate surface area is 180 Å². The lowest BCUT2D eigenvalue weighted by Gasteiger charge is -2.10. The van der Waals surface area contributed by atoms with Gasteiger partial charge in [0.2, 0.25) is 0 Å².